The number of hydrogen-bond donors (Lipinski definition) is 1. The quantitative estimate of drug-likeness (QED) is 0.406. The smallest absolute Gasteiger partial charge is 0.194 e. The molecule has 0 spiro atoms. The van der Waals surface area contributed by atoms with E-state index >= 15 is 0 Å². The lowest BCUT2D eigenvalue weighted by atomic mass is 10.2. The van der Waals surface area contributed by atoms with Gasteiger partial charge >= 0.3 is 0 Å². The number of guanidine groups is 1. The Morgan fingerprint density at radius 1 is 1.35 bits per heavy atom. The average molecular weight is 439 g/mol. The highest BCUT2D eigenvalue weighted by Gasteiger charge is 2.20. The van der Waals surface area contributed by atoms with Crippen molar-refractivity contribution in [3.8, 4) is 0 Å². The van der Waals surface area contributed by atoms with Gasteiger partial charge in [-0.2, -0.15) is 5.10 Å². The van der Waals surface area contributed by atoms with Crippen molar-refractivity contribution < 1.29 is 0 Å². The van der Waals surface area contributed by atoms with Crippen LogP contribution >= 0.6 is 27.7 Å². The van der Waals surface area contributed by atoms with E-state index in [9.17, 15) is 0 Å². The normalized spacial score (nSPS) is 12.3. The van der Waals surface area contributed by atoms with E-state index in [1.807, 2.05) is 25.9 Å². The molecule has 1 N–H and O–H groups in total. The van der Waals surface area contributed by atoms with Crippen molar-refractivity contribution in [2.24, 2.45) is 12.0 Å². The van der Waals surface area contributed by atoms with E-state index in [0.717, 1.165) is 22.8 Å². The van der Waals surface area contributed by atoms with E-state index in [2.05, 4.69) is 81.3 Å². The van der Waals surface area contributed by atoms with Gasteiger partial charge in [0.2, 0.25) is 0 Å². The fourth-order valence-electron chi connectivity index (χ4n) is 2.34. The molecule has 0 atom stereocenters. The second-order valence-electron chi connectivity index (χ2n) is 6.64. The SMILES string of the molecule is CCNC(=NCC(C)(C)Sc1ccc(Br)cc1)N(C)Cc1ncnn1C. The number of halogens is 1. The summed E-state index contributed by atoms with van der Waals surface area (Å²) < 4.78 is 2.87. The predicted octanol–water partition coefficient (Wildman–Crippen LogP) is 3.55. The first kappa shape index (κ1) is 20.8. The molecule has 1 heterocycles. The molecule has 0 radical (unpaired) electrons. The van der Waals surface area contributed by atoms with Gasteiger partial charge in [0.1, 0.15) is 12.2 Å². The summed E-state index contributed by atoms with van der Waals surface area (Å²) in [6.07, 6.45) is 1.57. The molecule has 0 aliphatic rings. The molecule has 0 bridgehead atoms. The minimum absolute atomic E-state index is 0.0138. The van der Waals surface area contributed by atoms with Gasteiger partial charge < -0.3 is 10.2 Å². The fourth-order valence-corrected chi connectivity index (χ4v) is 3.64. The molecule has 1 aromatic heterocycles. The van der Waals surface area contributed by atoms with Crippen molar-refractivity contribution in [1.29, 1.82) is 0 Å². The Hall–Kier alpha value is -1.54. The van der Waals surface area contributed by atoms with E-state index in [1.54, 1.807) is 11.0 Å². The maximum Gasteiger partial charge on any atom is 0.194 e. The van der Waals surface area contributed by atoms with Crippen LogP contribution in [0.15, 0.2) is 45.0 Å². The van der Waals surface area contributed by atoms with Gasteiger partial charge in [0.15, 0.2) is 5.96 Å². The minimum Gasteiger partial charge on any atom is -0.357 e. The first-order valence-corrected chi connectivity index (χ1v) is 10.2. The Kier molecular flexibility index (Phi) is 7.52. The molecule has 0 aliphatic carbocycles. The number of rotatable bonds is 7. The van der Waals surface area contributed by atoms with Crippen LogP contribution in [-0.2, 0) is 13.6 Å². The van der Waals surface area contributed by atoms with E-state index in [4.69, 9.17) is 4.99 Å². The molecule has 1 aromatic carbocycles. The summed E-state index contributed by atoms with van der Waals surface area (Å²) in [7, 11) is 3.92. The summed E-state index contributed by atoms with van der Waals surface area (Å²) in [6.45, 7) is 8.70. The number of hydrogen-bond acceptors (Lipinski definition) is 4. The van der Waals surface area contributed by atoms with Gasteiger partial charge in [-0.3, -0.25) is 9.67 Å². The molecular weight excluding hydrogens is 412 g/mol. The summed E-state index contributed by atoms with van der Waals surface area (Å²) in [5.74, 6) is 1.78. The highest BCUT2D eigenvalue weighted by molar-refractivity contribution is 9.10. The monoisotopic (exact) mass is 438 g/mol. The zero-order chi connectivity index (χ0) is 19.2. The molecule has 0 aliphatic heterocycles. The first-order valence-electron chi connectivity index (χ1n) is 8.57. The second kappa shape index (κ2) is 9.41. The largest absolute Gasteiger partial charge is 0.357 e. The van der Waals surface area contributed by atoms with Crippen LogP contribution in [0, 0.1) is 0 Å². The van der Waals surface area contributed by atoms with Crippen LogP contribution in [-0.4, -0.2) is 50.5 Å². The van der Waals surface area contributed by atoms with Crippen LogP contribution in [0.2, 0.25) is 0 Å². The topological polar surface area (TPSA) is 58.3 Å². The zero-order valence-corrected chi connectivity index (χ0v) is 18.4. The highest BCUT2D eigenvalue weighted by atomic mass is 79.9. The van der Waals surface area contributed by atoms with Crippen LogP contribution in [0.3, 0.4) is 0 Å². The van der Waals surface area contributed by atoms with Crippen LogP contribution < -0.4 is 5.32 Å². The predicted molar refractivity (Wildman–Crippen MR) is 113 cm³/mol. The maximum atomic E-state index is 4.85. The number of aliphatic imine (C=N–C) groups is 1. The van der Waals surface area contributed by atoms with Gasteiger partial charge in [-0.25, -0.2) is 4.98 Å². The number of aryl methyl sites for hydroxylation is 1. The van der Waals surface area contributed by atoms with E-state index in [0.29, 0.717) is 13.1 Å². The van der Waals surface area contributed by atoms with Crippen LogP contribution in [0.4, 0.5) is 0 Å². The number of nitrogens with zero attached hydrogens (tertiary/aromatic N) is 5. The molecule has 6 nitrogen and oxygen atoms in total. The van der Waals surface area contributed by atoms with Crippen molar-refractivity contribution in [3.05, 3.63) is 40.9 Å². The van der Waals surface area contributed by atoms with Gasteiger partial charge in [0, 0.05) is 34.8 Å². The summed E-state index contributed by atoms with van der Waals surface area (Å²) in [5, 5.41) is 7.49. The minimum atomic E-state index is -0.0138. The Balaban J connectivity index is 2.04. The molecule has 0 amide bonds. The van der Waals surface area contributed by atoms with Crippen molar-refractivity contribution in [2.45, 2.75) is 37.0 Å². The first-order chi connectivity index (χ1) is 12.3. The van der Waals surface area contributed by atoms with Gasteiger partial charge in [-0.15, -0.1) is 11.8 Å². The Morgan fingerprint density at radius 3 is 2.62 bits per heavy atom. The van der Waals surface area contributed by atoms with E-state index in [-0.39, 0.29) is 4.75 Å². The second-order valence-corrected chi connectivity index (χ2v) is 9.34. The summed E-state index contributed by atoms with van der Waals surface area (Å²) >= 11 is 5.31. The molecule has 8 heteroatoms. The van der Waals surface area contributed by atoms with E-state index in [1.165, 1.54) is 4.90 Å². The number of benzene rings is 1. The molecule has 2 rings (SSSR count). The molecule has 0 unspecified atom stereocenters. The maximum absolute atomic E-state index is 4.85. The molecule has 142 valence electrons. The zero-order valence-electron chi connectivity index (χ0n) is 16.0. The third-order valence-electron chi connectivity index (χ3n) is 3.70. The number of thioether (sulfide) groups is 1. The molecule has 0 fully saturated rings. The van der Waals surface area contributed by atoms with Gasteiger partial charge in [-0.05, 0) is 45.0 Å². The lowest BCUT2D eigenvalue weighted by molar-refractivity contribution is 0.447. The van der Waals surface area contributed by atoms with Crippen LogP contribution in [0.5, 0.6) is 0 Å². The third kappa shape index (κ3) is 6.32. The third-order valence-corrected chi connectivity index (χ3v) is 5.42. The molecule has 0 saturated carbocycles. The van der Waals surface area contributed by atoms with Gasteiger partial charge in [-0.1, -0.05) is 15.9 Å². The van der Waals surface area contributed by atoms with Gasteiger partial charge in [0.05, 0.1) is 13.1 Å². The summed E-state index contributed by atoms with van der Waals surface area (Å²) in [6, 6.07) is 8.40. The van der Waals surface area contributed by atoms with Crippen molar-refractivity contribution in [2.75, 3.05) is 20.1 Å². The number of aromatic nitrogens is 3. The molecule has 2 aromatic rings. The van der Waals surface area contributed by atoms with Crippen LogP contribution in [0.25, 0.3) is 0 Å². The lowest BCUT2D eigenvalue weighted by Crippen LogP contribution is -2.40. The van der Waals surface area contributed by atoms with Crippen LogP contribution in [0.1, 0.15) is 26.6 Å². The Bertz CT molecular complexity index is 726. The molecule has 0 saturated heterocycles. The Labute approximate surface area is 168 Å². The van der Waals surface area contributed by atoms with Crippen molar-refractivity contribution in [3.63, 3.8) is 0 Å². The molecular formula is C18H27BrN6S. The summed E-state index contributed by atoms with van der Waals surface area (Å²) in [5.41, 5.74) is 0. The highest BCUT2D eigenvalue weighted by Crippen LogP contribution is 2.33. The average Bonchev–Trinajstić information content (AvgIpc) is 2.98. The van der Waals surface area contributed by atoms with Crippen molar-refractivity contribution in [1.82, 2.24) is 25.0 Å². The Morgan fingerprint density at radius 2 is 2.04 bits per heavy atom. The molecule has 26 heavy (non-hydrogen) atoms. The van der Waals surface area contributed by atoms with Gasteiger partial charge in [0.25, 0.3) is 0 Å². The van der Waals surface area contributed by atoms with Crippen molar-refractivity contribution >= 4 is 33.7 Å². The van der Waals surface area contributed by atoms with E-state index < -0.39 is 0 Å². The lowest BCUT2D eigenvalue weighted by Gasteiger charge is -2.25. The summed E-state index contributed by atoms with van der Waals surface area (Å²) in [4.78, 5) is 12.5. The number of nitrogens with one attached hydrogen (secondary N) is 1. The fraction of sp³-hybridized carbons (Fsp3) is 0.500. The standard InChI is InChI=1S/C18H27BrN6S/c1-6-20-17(24(4)11-16-22-13-23-25(16)5)21-12-18(2,3)26-15-9-7-14(19)8-10-15/h7-10,13H,6,11-12H2,1-5H3,(H,20,21).